The molecular formula is C28H33N5O4. The zero-order chi connectivity index (χ0) is 25.7. The van der Waals surface area contributed by atoms with E-state index in [0.29, 0.717) is 22.2 Å². The number of carboxylic acids is 1. The molecule has 1 aromatic carbocycles. The number of fused-ring (bicyclic) bond motifs is 2. The fourth-order valence-electron chi connectivity index (χ4n) is 8.85. The van der Waals surface area contributed by atoms with Gasteiger partial charge in [0.1, 0.15) is 16.9 Å². The zero-order valence-electron chi connectivity index (χ0n) is 21.5. The summed E-state index contributed by atoms with van der Waals surface area (Å²) in [6, 6.07) is 7.05. The number of aromatic amines is 1. The maximum atomic E-state index is 13.5. The summed E-state index contributed by atoms with van der Waals surface area (Å²) in [6.07, 6.45) is 7.71. The molecule has 2 heterocycles. The molecule has 4 saturated carbocycles. The van der Waals surface area contributed by atoms with Crippen molar-refractivity contribution < 1.29 is 19.4 Å². The number of amides is 1. The van der Waals surface area contributed by atoms with Gasteiger partial charge in [0.15, 0.2) is 0 Å². The highest BCUT2D eigenvalue weighted by atomic mass is 16.5. The fourth-order valence-corrected chi connectivity index (χ4v) is 8.85. The molecule has 9 heteroatoms. The Bertz CT molecular complexity index is 1430. The van der Waals surface area contributed by atoms with E-state index in [1.165, 1.54) is 20.0 Å². The number of hydrogen-bond acceptors (Lipinski definition) is 5. The van der Waals surface area contributed by atoms with E-state index in [1.807, 2.05) is 18.2 Å². The number of imidazole rings is 1. The van der Waals surface area contributed by atoms with Gasteiger partial charge in [-0.25, -0.2) is 4.98 Å². The summed E-state index contributed by atoms with van der Waals surface area (Å²) in [7, 11) is 3.29. The van der Waals surface area contributed by atoms with Gasteiger partial charge in [0, 0.05) is 20.4 Å². The lowest BCUT2D eigenvalue weighted by Crippen LogP contribution is -2.59. The van der Waals surface area contributed by atoms with Gasteiger partial charge in [-0.15, -0.1) is 0 Å². The quantitative estimate of drug-likeness (QED) is 0.432. The maximum absolute atomic E-state index is 13.5. The molecule has 4 unspecified atom stereocenters. The third kappa shape index (κ3) is 2.89. The van der Waals surface area contributed by atoms with Crippen molar-refractivity contribution in [3.8, 4) is 0 Å². The van der Waals surface area contributed by atoms with Crippen LogP contribution in [0.5, 0.6) is 0 Å². The molecule has 1 spiro atoms. The SMILES string of the molecule is COCC(C)(C(=O)O)c1ccc2[nH]c(C(NC(=O)c3ccnn3C)C34CC5CC6CC(C3)C65C4)nc2c1. The van der Waals surface area contributed by atoms with Crippen LogP contribution in [0, 0.1) is 28.6 Å². The summed E-state index contributed by atoms with van der Waals surface area (Å²) in [5.74, 6) is 2.06. The Balaban J connectivity index is 1.29. The van der Waals surface area contributed by atoms with Crippen LogP contribution in [-0.2, 0) is 22.0 Å². The first-order valence-electron chi connectivity index (χ1n) is 13.2. The van der Waals surface area contributed by atoms with Crippen LogP contribution in [0.1, 0.15) is 66.9 Å². The minimum Gasteiger partial charge on any atom is -0.481 e. The van der Waals surface area contributed by atoms with Crippen LogP contribution >= 0.6 is 0 Å². The van der Waals surface area contributed by atoms with Crippen molar-refractivity contribution in [3.63, 3.8) is 0 Å². The third-order valence-corrected chi connectivity index (χ3v) is 10.6. The molecule has 2 aromatic heterocycles. The van der Waals surface area contributed by atoms with E-state index in [-0.39, 0.29) is 24.0 Å². The first kappa shape index (κ1) is 23.0. The van der Waals surface area contributed by atoms with Gasteiger partial charge in [-0.3, -0.25) is 14.3 Å². The molecule has 3 aromatic rings. The average Bonchev–Trinajstić information content (AvgIpc) is 3.60. The van der Waals surface area contributed by atoms with Crippen LogP contribution in [0.25, 0.3) is 11.0 Å². The van der Waals surface area contributed by atoms with Crippen LogP contribution in [0.3, 0.4) is 0 Å². The van der Waals surface area contributed by atoms with Crippen LogP contribution in [0.2, 0.25) is 0 Å². The van der Waals surface area contributed by atoms with Crippen LogP contribution in [0.4, 0.5) is 0 Å². The second-order valence-electron chi connectivity index (χ2n) is 12.3. The molecular weight excluding hydrogens is 470 g/mol. The highest BCUT2D eigenvalue weighted by molar-refractivity contribution is 5.93. The van der Waals surface area contributed by atoms with Gasteiger partial charge in [0.25, 0.3) is 5.91 Å². The van der Waals surface area contributed by atoms with E-state index >= 15 is 0 Å². The molecule has 0 radical (unpaired) electrons. The molecule has 2 bridgehead atoms. The lowest BCUT2D eigenvalue weighted by Gasteiger charge is -2.66. The second-order valence-corrected chi connectivity index (χ2v) is 12.3. The third-order valence-electron chi connectivity index (χ3n) is 10.6. The van der Waals surface area contributed by atoms with Gasteiger partial charge in [0.2, 0.25) is 0 Å². The molecule has 1 amide bonds. The number of carboxylic acid groups (broad SMARTS) is 1. The monoisotopic (exact) mass is 503 g/mol. The average molecular weight is 504 g/mol. The molecule has 0 saturated heterocycles. The van der Waals surface area contributed by atoms with Gasteiger partial charge in [-0.1, -0.05) is 6.07 Å². The summed E-state index contributed by atoms with van der Waals surface area (Å²) in [4.78, 5) is 34.1. The zero-order valence-corrected chi connectivity index (χ0v) is 21.5. The number of ether oxygens (including phenoxy) is 1. The maximum Gasteiger partial charge on any atom is 0.316 e. The number of rotatable bonds is 8. The first-order valence-corrected chi connectivity index (χ1v) is 13.2. The Hall–Kier alpha value is -3.20. The van der Waals surface area contributed by atoms with Crippen molar-refractivity contribution >= 4 is 22.9 Å². The van der Waals surface area contributed by atoms with Gasteiger partial charge in [-0.2, -0.15) is 5.10 Å². The van der Waals surface area contributed by atoms with Crippen LogP contribution < -0.4 is 5.32 Å². The molecule has 4 aliphatic carbocycles. The summed E-state index contributed by atoms with van der Waals surface area (Å²) in [5, 5.41) is 17.5. The Kier molecular flexibility index (Phi) is 4.61. The van der Waals surface area contributed by atoms with E-state index in [9.17, 15) is 14.7 Å². The molecule has 4 atom stereocenters. The molecule has 7 rings (SSSR count). The van der Waals surface area contributed by atoms with Crippen molar-refractivity contribution in [1.29, 1.82) is 0 Å². The molecule has 37 heavy (non-hydrogen) atoms. The van der Waals surface area contributed by atoms with Crippen LogP contribution in [0.15, 0.2) is 30.5 Å². The Morgan fingerprint density at radius 2 is 2.03 bits per heavy atom. The number of hydrogen-bond donors (Lipinski definition) is 3. The molecule has 3 N–H and O–H groups in total. The number of aliphatic carboxylic acids is 1. The van der Waals surface area contributed by atoms with Gasteiger partial charge >= 0.3 is 5.97 Å². The Labute approximate surface area is 215 Å². The Morgan fingerprint density at radius 3 is 2.62 bits per heavy atom. The van der Waals surface area contributed by atoms with E-state index in [4.69, 9.17) is 9.72 Å². The van der Waals surface area contributed by atoms with Crippen molar-refractivity contribution in [2.24, 2.45) is 35.6 Å². The van der Waals surface area contributed by atoms with Gasteiger partial charge < -0.3 is 20.1 Å². The predicted octanol–water partition coefficient (Wildman–Crippen LogP) is 3.58. The topological polar surface area (TPSA) is 122 Å². The van der Waals surface area contributed by atoms with Crippen molar-refractivity contribution in [1.82, 2.24) is 25.1 Å². The van der Waals surface area contributed by atoms with Crippen molar-refractivity contribution in [2.75, 3.05) is 13.7 Å². The van der Waals surface area contributed by atoms with E-state index < -0.39 is 11.4 Å². The number of H-pyrrole nitrogens is 1. The number of aryl methyl sites for hydroxylation is 1. The molecule has 4 aliphatic rings. The van der Waals surface area contributed by atoms with Gasteiger partial charge in [-0.05, 0) is 91.4 Å². The number of carbonyl (C=O) groups is 2. The van der Waals surface area contributed by atoms with E-state index in [0.717, 1.165) is 48.4 Å². The fraction of sp³-hybridized carbons (Fsp3) is 0.571. The Morgan fingerprint density at radius 1 is 1.27 bits per heavy atom. The summed E-state index contributed by atoms with van der Waals surface area (Å²) in [6.45, 7) is 1.73. The number of nitrogens with one attached hydrogen (secondary N) is 2. The lowest BCUT2D eigenvalue weighted by atomic mass is 9.38. The number of nitrogens with zero attached hydrogens (tertiary/aromatic N) is 3. The predicted molar refractivity (Wildman–Crippen MR) is 135 cm³/mol. The molecule has 9 nitrogen and oxygen atoms in total. The molecule has 0 aliphatic heterocycles. The molecule has 194 valence electrons. The lowest BCUT2D eigenvalue weighted by molar-refractivity contribution is -0.177. The van der Waals surface area contributed by atoms with Crippen LogP contribution in [-0.4, -0.2) is 50.4 Å². The number of aromatic nitrogens is 4. The van der Waals surface area contributed by atoms with Crippen molar-refractivity contribution in [2.45, 2.75) is 50.5 Å². The summed E-state index contributed by atoms with van der Waals surface area (Å²) < 4.78 is 6.84. The van der Waals surface area contributed by atoms with Gasteiger partial charge in [0.05, 0.1) is 23.7 Å². The molecule has 4 fully saturated rings. The normalized spacial score (nSPS) is 33.3. The summed E-state index contributed by atoms with van der Waals surface area (Å²) in [5.41, 5.74) is 1.99. The smallest absolute Gasteiger partial charge is 0.316 e. The number of carbonyl (C=O) groups excluding carboxylic acids is 1. The standard InChI is InChI=1S/C28H33N5O4/c1-26(14-37-3,25(35)36)15-4-5-19-20(10-15)31-23(30-19)22(32-24(34)21-6-7-29-33(21)2)27-11-17-8-16-9-18(12-27)28(16,17)13-27/h4-7,10,16-18,22H,8-9,11-14H2,1-3H3,(H,30,31)(H,32,34)(H,35,36). The van der Waals surface area contributed by atoms with E-state index in [1.54, 1.807) is 30.9 Å². The van der Waals surface area contributed by atoms with Crippen molar-refractivity contribution in [3.05, 3.63) is 47.5 Å². The minimum atomic E-state index is -1.18. The number of benzene rings is 1. The largest absolute Gasteiger partial charge is 0.481 e. The summed E-state index contributed by atoms with van der Waals surface area (Å²) >= 11 is 0. The minimum absolute atomic E-state index is 0.0167. The second kappa shape index (κ2) is 7.43. The highest BCUT2D eigenvalue weighted by Gasteiger charge is 2.78. The first-order chi connectivity index (χ1) is 17.7. The number of methoxy groups -OCH3 is 1. The highest BCUT2D eigenvalue weighted by Crippen LogP contribution is 2.86. The van der Waals surface area contributed by atoms with E-state index in [2.05, 4.69) is 15.4 Å².